The van der Waals surface area contributed by atoms with Crippen molar-refractivity contribution >= 4 is 0 Å². The largest absolute Gasteiger partial charge is 0.489 e. The summed E-state index contributed by atoms with van der Waals surface area (Å²) in [7, 11) is 0. The minimum absolute atomic E-state index is 0.422. The molecule has 5 rings (SSSR count). The van der Waals surface area contributed by atoms with E-state index in [1.807, 2.05) is 6.07 Å². The second-order valence-electron chi connectivity index (χ2n) is 9.36. The van der Waals surface area contributed by atoms with Gasteiger partial charge in [-0.1, -0.05) is 78.9 Å². The highest BCUT2D eigenvalue weighted by molar-refractivity contribution is 5.34. The van der Waals surface area contributed by atoms with Crippen LogP contribution in [0.1, 0.15) is 36.0 Å². The fourth-order valence-corrected chi connectivity index (χ4v) is 5.04. The third kappa shape index (κ3) is 5.23. The molecule has 1 saturated heterocycles. The molecular formula is C29H34N2O. The summed E-state index contributed by atoms with van der Waals surface area (Å²) >= 11 is 0. The van der Waals surface area contributed by atoms with Gasteiger partial charge in [0.2, 0.25) is 0 Å². The summed E-state index contributed by atoms with van der Waals surface area (Å²) in [5.74, 6) is 1.04. The first-order valence-electron chi connectivity index (χ1n) is 12.1. The van der Waals surface area contributed by atoms with Crippen LogP contribution in [0.4, 0.5) is 0 Å². The Morgan fingerprint density at radius 2 is 1.31 bits per heavy atom. The van der Waals surface area contributed by atoms with E-state index in [0.29, 0.717) is 12.1 Å². The van der Waals surface area contributed by atoms with E-state index in [1.54, 1.807) is 0 Å². The van der Waals surface area contributed by atoms with Crippen LogP contribution >= 0.6 is 0 Å². The number of hydrogen-bond donors (Lipinski definition) is 0. The number of rotatable bonds is 9. The summed E-state index contributed by atoms with van der Waals surface area (Å²) in [6.07, 6.45) is 5.02. The Morgan fingerprint density at radius 1 is 0.688 bits per heavy atom. The number of ether oxygens (including phenoxy) is 1. The summed E-state index contributed by atoms with van der Waals surface area (Å²) < 4.78 is 6.20. The molecule has 3 nitrogen and oxygen atoms in total. The van der Waals surface area contributed by atoms with Gasteiger partial charge in [-0.05, 0) is 48.4 Å². The van der Waals surface area contributed by atoms with E-state index in [2.05, 4.69) is 88.7 Å². The average Bonchev–Trinajstić information content (AvgIpc) is 3.65. The molecule has 1 saturated carbocycles. The molecule has 0 N–H and O–H groups in total. The van der Waals surface area contributed by atoms with Gasteiger partial charge in [-0.15, -0.1) is 0 Å². The summed E-state index contributed by atoms with van der Waals surface area (Å²) in [6, 6.07) is 29.9. The molecule has 1 aliphatic heterocycles. The van der Waals surface area contributed by atoms with Gasteiger partial charge in [-0.3, -0.25) is 9.80 Å². The molecule has 1 aliphatic carbocycles. The van der Waals surface area contributed by atoms with Gasteiger partial charge in [0.1, 0.15) is 12.4 Å². The Bertz CT molecular complexity index is 976. The fourth-order valence-electron chi connectivity index (χ4n) is 5.04. The molecule has 166 valence electrons. The molecule has 0 unspecified atom stereocenters. The van der Waals surface area contributed by atoms with Gasteiger partial charge in [0, 0.05) is 38.3 Å². The van der Waals surface area contributed by atoms with Gasteiger partial charge in [-0.25, -0.2) is 0 Å². The lowest BCUT2D eigenvalue weighted by molar-refractivity contribution is 0.0767. The predicted molar refractivity (Wildman–Crippen MR) is 131 cm³/mol. The highest BCUT2D eigenvalue weighted by Crippen LogP contribution is 2.46. The standard InChI is InChI=1S/C29H34N2O/c1-3-9-25(10-4-1)23-30-19-21-31(22-20-30)29(17-18-29)16-15-27-13-7-8-14-28(27)32-24-26-11-5-2-6-12-26/h1-14H,15-24H2. The molecule has 3 heteroatoms. The molecular weight excluding hydrogens is 392 g/mol. The molecule has 2 fully saturated rings. The van der Waals surface area contributed by atoms with Crippen molar-refractivity contribution in [1.29, 1.82) is 0 Å². The Kier molecular flexibility index (Phi) is 6.56. The normalized spacial score (nSPS) is 18.4. The first-order chi connectivity index (χ1) is 15.8. The van der Waals surface area contributed by atoms with Crippen molar-refractivity contribution in [2.45, 2.75) is 44.4 Å². The zero-order valence-electron chi connectivity index (χ0n) is 19.0. The van der Waals surface area contributed by atoms with Gasteiger partial charge in [0.15, 0.2) is 0 Å². The molecule has 32 heavy (non-hydrogen) atoms. The Balaban J connectivity index is 1.14. The summed E-state index contributed by atoms with van der Waals surface area (Å²) in [6.45, 7) is 6.44. The molecule has 0 aromatic heterocycles. The fraction of sp³-hybridized carbons (Fsp3) is 0.379. The zero-order chi connectivity index (χ0) is 21.6. The smallest absolute Gasteiger partial charge is 0.122 e. The molecule has 0 amide bonds. The number of hydrogen-bond acceptors (Lipinski definition) is 3. The van der Waals surface area contributed by atoms with E-state index in [0.717, 1.165) is 18.7 Å². The van der Waals surface area contributed by atoms with Gasteiger partial charge in [-0.2, -0.15) is 0 Å². The van der Waals surface area contributed by atoms with Crippen molar-refractivity contribution in [3.8, 4) is 5.75 Å². The first kappa shape index (κ1) is 21.2. The van der Waals surface area contributed by atoms with Crippen molar-refractivity contribution in [3.05, 3.63) is 102 Å². The maximum Gasteiger partial charge on any atom is 0.122 e. The van der Waals surface area contributed by atoms with Crippen LogP contribution < -0.4 is 4.74 Å². The van der Waals surface area contributed by atoms with E-state index in [1.165, 1.54) is 62.1 Å². The maximum absolute atomic E-state index is 6.20. The summed E-state index contributed by atoms with van der Waals surface area (Å²) in [4.78, 5) is 5.39. The molecule has 0 radical (unpaired) electrons. The maximum atomic E-state index is 6.20. The van der Waals surface area contributed by atoms with E-state index < -0.39 is 0 Å². The summed E-state index contributed by atoms with van der Waals surface area (Å²) in [5.41, 5.74) is 4.41. The van der Waals surface area contributed by atoms with E-state index >= 15 is 0 Å². The molecule has 0 spiro atoms. The van der Waals surface area contributed by atoms with Crippen LogP contribution in [0.3, 0.4) is 0 Å². The van der Waals surface area contributed by atoms with Gasteiger partial charge in [0.05, 0.1) is 0 Å². The second kappa shape index (κ2) is 9.89. The average molecular weight is 427 g/mol. The van der Waals surface area contributed by atoms with Crippen LogP contribution in [0.5, 0.6) is 5.75 Å². The monoisotopic (exact) mass is 426 g/mol. The van der Waals surface area contributed by atoms with Crippen LogP contribution in [0.15, 0.2) is 84.9 Å². The molecule has 3 aromatic rings. The van der Waals surface area contributed by atoms with Crippen LogP contribution in [-0.2, 0) is 19.6 Å². The molecule has 0 bridgehead atoms. The van der Waals surface area contributed by atoms with Crippen LogP contribution in [0.25, 0.3) is 0 Å². The second-order valence-corrected chi connectivity index (χ2v) is 9.36. The van der Waals surface area contributed by atoms with Gasteiger partial charge in [0.25, 0.3) is 0 Å². The SMILES string of the molecule is c1ccc(COc2ccccc2CCC2(N3CCN(Cc4ccccc4)CC3)CC2)cc1. The van der Waals surface area contributed by atoms with Crippen LogP contribution in [0, 0.1) is 0 Å². The number of nitrogens with zero attached hydrogens (tertiary/aromatic N) is 2. The third-order valence-corrected chi connectivity index (χ3v) is 7.19. The number of piperazine rings is 1. The Hall–Kier alpha value is -2.62. The van der Waals surface area contributed by atoms with Crippen molar-refractivity contribution in [3.63, 3.8) is 0 Å². The van der Waals surface area contributed by atoms with E-state index in [9.17, 15) is 0 Å². The molecule has 1 heterocycles. The van der Waals surface area contributed by atoms with Gasteiger partial charge < -0.3 is 4.74 Å². The lowest BCUT2D eigenvalue weighted by atomic mass is 10.0. The summed E-state index contributed by atoms with van der Waals surface area (Å²) in [5, 5.41) is 0. The number of benzene rings is 3. The number of aryl methyl sites for hydroxylation is 1. The van der Waals surface area contributed by atoms with Crippen molar-refractivity contribution < 1.29 is 4.74 Å². The topological polar surface area (TPSA) is 15.7 Å². The van der Waals surface area contributed by atoms with Crippen LogP contribution in [-0.4, -0.2) is 41.5 Å². The first-order valence-corrected chi connectivity index (χ1v) is 12.1. The van der Waals surface area contributed by atoms with Crippen molar-refractivity contribution in [2.75, 3.05) is 26.2 Å². The van der Waals surface area contributed by atoms with Crippen LogP contribution in [0.2, 0.25) is 0 Å². The quantitative estimate of drug-likeness (QED) is 0.446. The molecule has 3 aromatic carbocycles. The highest BCUT2D eigenvalue weighted by Gasteiger charge is 2.47. The highest BCUT2D eigenvalue weighted by atomic mass is 16.5. The van der Waals surface area contributed by atoms with E-state index in [-0.39, 0.29) is 0 Å². The van der Waals surface area contributed by atoms with Gasteiger partial charge >= 0.3 is 0 Å². The Labute approximate surface area is 192 Å². The van der Waals surface area contributed by atoms with E-state index in [4.69, 9.17) is 4.74 Å². The lowest BCUT2D eigenvalue weighted by Gasteiger charge is -2.40. The molecule has 0 atom stereocenters. The Morgan fingerprint density at radius 3 is 2.00 bits per heavy atom. The number of para-hydroxylation sites is 1. The minimum Gasteiger partial charge on any atom is -0.489 e. The van der Waals surface area contributed by atoms with Crippen molar-refractivity contribution in [2.24, 2.45) is 0 Å². The minimum atomic E-state index is 0.422. The zero-order valence-corrected chi connectivity index (χ0v) is 19.0. The van der Waals surface area contributed by atoms with Crippen molar-refractivity contribution in [1.82, 2.24) is 9.80 Å². The third-order valence-electron chi connectivity index (χ3n) is 7.19. The predicted octanol–water partition coefficient (Wildman–Crippen LogP) is 5.55. The molecule has 2 aliphatic rings. The lowest BCUT2D eigenvalue weighted by Crippen LogP contribution is -2.51.